The molecule has 0 atom stereocenters. The van der Waals surface area contributed by atoms with Crippen LogP contribution in [0.3, 0.4) is 0 Å². The molecule has 0 aliphatic carbocycles. The van der Waals surface area contributed by atoms with Crippen LogP contribution in [0.5, 0.6) is 0 Å². The minimum Gasteiger partial charge on any atom is -0.324 e. The van der Waals surface area contributed by atoms with Crippen molar-refractivity contribution in [2.24, 2.45) is 4.99 Å². The third kappa shape index (κ3) is 3.21. The van der Waals surface area contributed by atoms with Crippen LogP contribution in [0.1, 0.15) is 0 Å². The Morgan fingerprint density at radius 3 is 2.79 bits per heavy atom. The fraction of sp³-hybridized carbons (Fsp3) is 0.364. The van der Waals surface area contributed by atoms with Crippen LogP contribution >= 0.6 is 0 Å². The van der Waals surface area contributed by atoms with Gasteiger partial charge in [-0.2, -0.15) is 0 Å². The molecule has 1 aliphatic rings. The summed E-state index contributed by atoms with van der Waals surface area (Å²) < 4.78 is 39.2. The zero-order chi connectivity index (χ0) is 14.0. The van der Waals surface area contributed by atoms with E-state index in [4.69, 9.17) is 0 Å². The first kappa shape index (κ1) is 13.8. The predicted octanol–water partition coefficient (Wildman–Crippen LogP) is 0.447. The molecule has 0 saturated heterocycles. The Hall–Kier alpha value is -1.67. The van der Waals surface area contributed by atoms with Gasteiger partial charge in [0.1, 0.15) is 10.7 Å². The van der Waals surface area contributed by atoms with Crippen molar-refractivity contribution in [1.82, 2.24) is 9.62 Å². The van der Waals surface area contributed by atoms with Crippen molar-refractivity contribution >= 4 is 21.7 Å². The van der Waals surface area contributed by atoms with Gasteiger partial charge in [0, 0.05) is 6.54 Å². The van der Waals surface area contributed by atoms with E-state index in [1.165, 1.54) is 12.1 Å². The van der Waals surface area contributed by atoms with Crippen LogP contribution in [-0.4, -0.2) is 46.5 Å². The van der Waals surface area contributed by atoms with Crippen molar-refractivity contribution in [2.75, 3.05) is 32.5 Å². The molecule has 0 spiro atoms. The van der Waals surface area contributed by atoms with Crippen LogP contribution in [0, 0.1) is 5.82 Å². The Bertz CT molecular complexity index is 613. The van der Waals surface area contributed by atoms with Gasteiger partial charge in [-0.15, -0.1) is 0 Å². The lowest BCUT2D eigenvalue weighted by molar-refractivity contribution is 0.420. The van der Waals surface area contributed by atoms with E-state index in [1.807, 2.05) is 19.0 Å². The van der Waals surface area contributed by atoms with E-state index >= 15 is 0 Å². The molecule has 1 heterocycles. The number of rotatable bonds is 3. The molecule has 0 unspecified atom stereocenters. The van der Waals surface area contributed by atoms with Crippen molar-refractivity contribution in [2.45, 2.75) is 4.90 Å². The normalized spacial score (nSPS) is 18.8. The molecule has 0 aromatic heterocycles. The molecular weight excluding hydrogens is 271 g/mol. The van der Waals surface area contributed by atoms with Crippen molar-refractivity contribution < 1.29 is 12.8 Å². The summed E-state index contributed by atoms with van der Waals surface area (Å²) in [7, 11) is 0.0378. The lowest BCUT2D eigenvalue weighted by atomic mass is 10.3. The van der Waals surface area contributed by atoms with Gasteiger partial charge in [-0.05, 0) is 32.3 Å². The highest BCUT2D eigenvalue weighted by atomic mass is 32.2. The largest absolute Gasteiger partial charge is 0.324 e. The van der Waals surface area contributed by atoms with Gasteiger partial charge >= 0.3 is 0 Å². The first-order chi connectivity index (χ1) is 8.88. The lowest BCUT2D eigenvalue weighted by Crippen LogP contribution is -2.41. The number of nitrogens with zero attached hydrogens (tertiary/aromatic N) is 2. The van der Waals surface area contributed by atoms with Gasteiger partial charge in [0.2, 0.25) is 5.96 Å². The van der Waals surface area contributed by atoms with Gasteiger partial charge in [-0.1, -0.05) is 0 Å². The van der Waals surface area contributed by atoms with E-state index in [2.05, 4.69) is 15.0 Å². The molecule has 1 aromatic carbocycles. The standard InChI is InChI=1S/C11H15FN4O2S/c1-16(2)6-5-13-11-14-9-4-3-8(12)7-10(9)19(17,18)15-11/h3-4,7H,5-6H2,1-2H3,(H2,13,14,15). The molecule has 0 fully saturated rings. The number of halogens is 1. The van der Waals surface area contributed by atoms with Gasteiger partial charge in [0.15, 0.2) is 0 Å². The zero-order valence-corrected chi connectivity index (χ0v) is 11.5. The molecule has 0 radical (unpaired) electrons. The number of hydrogen-bond acceptors (Lipinski definition) is 4. The number of benzene rings is 1. The summed E-state index contributed by atoms with van der Waals surface area (Å²) in [5.74, 6) is -0.445. The van der Waals surface area contributed by atoms with Crippen molar-refractivity contribution in [3.05, 3.63) is 24.0 Å². The summed E-state index contributed by atoms with van der Waals surface area (Å²) in [5, 5.41) is 2.83. The minimum absolute atomic E-state index is 0.112. The molecule has 2 N–H and O–H groups in total. The first-order valence-electron chi connectivity index (χ1n) is 5.67. The zero-order valence-electron chi connectivity index (χ0n) is 10.6. The number of guanidine groups is 1. The van der Waals surface area contributed by atoms with Crippen molar-refractivity contribution in [3.63, 3.8) is 0 Å². The Morgan fingerprint density at radius 2 is 2.11 bits per heavy atom. The Kier molecular flexibility index (Phi) is 3.72. The van der Waals surface area contributed by atoms with Crippen LogP contribution in [0.2, 0.25) is 0 Å². The highest BCUT2D eigenvalue weighted by Crippen LogP contribution is 2.25. The van der Waals surface area contributed by atoms with E-state index in [1.54, 1.807) is 0 Å². The highest BCUT2D eigenvalue weighted by Gasteiger charge is 2.26. The molecule has 1 aliphatic heterocycles. The predicted molar refractivity (Wildman–Crippen MR) is 71.2 cm³/mol. The molecule has 19 heavy (non-hydrogen) atoms. The fourth-order valence-electron chi connectivity index (χ4n) is 1.59. The maximum Gasteiger partial charge on any atom is 0.266 e. The quantitative estimate of drug-likeness (QED) is 0.846. The highest BCUT2D eigenvalue weighted by molar-refractivity contribution is 7.90. The number of hydrogen-bond donors (Lipinski definition) is 2. The molecule has 0 bridgehead atoms. The SMILES string of the molecule is CN(C)CCN=C1Nc2ccc(F)cc2S(=O)(=O)N1. The minimum atomic E-state index is -3.76. The molecule has 0 saturated carbocycles. The van der Waals surface area contributed by atoms with E-state index in [9.17, 15) is 12.8 Å². The maximum atomic E-state index is 13.1. The number of aliphatic imine (C=N–C) groups is 1. The molecule has 2 rings (SSSR count). The second-order valence-electron chi connectivity index (χ2n) is 4.40. The number of sulfonamides is 1. The van der Waals surface area contributed by atoms with Crippen LogP contribution in [-0.2, 0) is 10.0 Å². The van der Waals surface area contributed by atoms with Gasteiger partial charge in [0.05, 0.1) is 12.2 Å². The van der Waals surface area contributed by atoms with E-state index in [0.717, 1.165) is 6.07 Å². The Morgan fingerprint density at radius 1 is 1.37 bits per heavy atom. The second-order valence-corrected chi connectivity index (χ2v) is 6.06. The van der Waals surface area contributed by atoms with E-state index in [-0.39, 0.29) is 10.9 Å². The number of fused-ring (bicyclic) bond motifs is 1. The Labute approximate surface area is 111 Å². The average molecular weight is 286 g/mol. The summed E-state index contributed by atoms with van der Waals surface area (Å²) in [4.78, 5) is 5.94. The third-order valence-electron chi connectivity index (χ3n) is 2.53. The fourth-order valence-corrected chi connectivity index (χ4v) is 2.75. The molecule has 6 nitrogen and oxygen atoms in total. The molecular formula is C11H15FN4O2S. The topological polar surface area (TPSA) is 73.8 Å². The first-order valence-corrected chi connectivity index (χ1v) is 7.15. The summed E-state index contributed by atoms with van der Waals surface area (Å²) in [5.41, 5.74) is 0.323. The van der Waals surface area contributed by atoms with Crippen LogP contribution in [0.15, 0.2) is 28.1 Å². The van der Waals surface area contributed by atoms with Crippen LogP contribution < -0.4 is 10.0 Å². The van der Waals surface area contributed by atoms with Gasteiger partial charge in [-0.25, -0.2) is 17.5 Å². The number of nitrogens with one attached hydrogen (secondary N) is 2. The average Bonchev–Trinajstić information content (AvgIpc) is 2.29. The molecule has 1 aromatic rings. The van der Waals surface area contributed by atoms with Crippen molar-refractivity contribution in [3.8, 4) is 0 Å². The van der Waals surface area contributed by atoms with Crippen molar-refractivity contribution in [1.29, 1.82) is 0 Å². The summed E-state index contributed by atoms with van der Waals surface area (Å²) in [6, 6.07) is 3.55. The van der Waals surface area contributed by atoms with Gasteiger partial charge in [-0.3, -0.25) is 4.99 Å². The second kappa shape index (κ2) is 5.14. The van der Waals surface area contributed by atoms with Crippen LogP contribution in [0.4, 0.5) is 10.1 Å². The number of likely N-dealkylation sites (N-methyl/N-ethyl adjacent to an activating group) is 1. The van der Waals surface area contributed by atoms with E-state index < -0.39 is 15.8 Å². The Balaban J connectivity index is 2.26. The van der Waals surface area contributed by atoms with Crippen LogP contribution in [0.25, 0.3) is 0 Å². The smallest absolute Gasteiger partial charge is 0.266 e. The summed E-state index contributed by atoms with van der Waals surface area (Å²) in [6.45, 7) is 1.15. The molecule has 104 valence electrons. The maximum absolute atomic E-state index is 13.1. The lowest BCUT2D eigenvalue weighted by Gasteiger charge is -2.21. The molecule has 0 amide bonds. The summed E-state index contributed by atoms with van der Waals surface area (Å²) in [6.07, 6.45) is 0. The monoisotopic (exact) mass is 286 g/mol. The molecule has 8 heteroatoms. The van der Waals surface area contributed by atoms with E-state index in [0.29, 0.717) is 18.8 Å². The van der Waals surface area contributed by atoms with Gasteiger partial charge < -0.3 is 10.2 Å². The summed E-state index contributed by atoms with van der Waals surface area (Å²) >= 11 is 0. The number of anilines is 1. The third-order valence-corrected chi connectivity index (χ3v) is 3.91. The van der Waals surface area contributed by atoms with Gasteiger partial charge in [0.25, 0.3) is 10.0 Å².